The van der Waals surface area contributed by atoms with Crippen LogP contribution < -0.4 is 17.2 Å². The molecule has 1 aromatic heterocycles. The number of hydrogen-bond donors (Lipinski definition) is 4. The third-order valence-corrected chi connectivity index (χ3v) is 2.89. The third kappa shape index (κ3) is 2.46. The molecule has 98 valence electrons. The predicted molar refractivity (Wildman–Crippen MR) is 63.1 cm³/mol. The average molecular weight is 253 g/mol. The Morgan fingerprint density at radius 2 is 1.94 bits per heavy atom. The minimum atomic E-state index is -1.20. The fourth-order valence-electron chi connectivity index (χ4n) is 1.95. The second-order valence-corrected chi connectivity index (χ2v) is 4.39. The summed E-state index contributed by atoms with van der Waals surface area (Å²) in [7, 11) is 0. The van der Waals surface area contributed by atoms with E-state index in [0.717, 1.165) is 0 Å². The molecule has 1 saturated heterocycles. The Bertz CT molecular complexity index is 460. The van der Waals surface area contributed by atoms with Gasteiger partial charge in [-0.1, -0.05) is 0 Å². The van der Waals surface area contributed by atoms with Gasteiger partial charge >= 0.3 is 5.97 Å². The molecular formula is C9H15N7O2. The lowest BCUT2D eigenvalue weighted by Gasteiger charge is -2.19. The zero-order valence-electron chi connectivity index (χ0n) is 9.70. The van der Waals surface area contributed by atoms with Crippen molar-refractivity contribution in [1.29, 1.82) is 0 Å². The van der Waals surface area contributed by atoms with E-state index >= 15 is 0 Å². The second kappa shape index (κ2) is 4.35. The fraction of sp³-hybridized carbons (Fsp3) is 0.556. The van der Waals surface area contributed by atoms with Crippen molar-refractivity contribution >= 4 is 17.9 Å². The van der Waals surface area contributed by atoms with E-state index in [1.807, 2.05) is 4.90 Å². The van der Waals surface area contributed by atoms with Crippen molar-refractivity contribution in [1.82, 2.24) is 19.9 Å². The van der Waals surface area contributed by atoms with E-state index < -0.39 is 11.5 Å². The van der Waals surface area contributed by atoms with Gasteiger partial charge in [-0.2, -0.15) is 15.0 Å². The van der Waals surface area contributed by atoms with Crippen molar-refractivity contribution in [2.45, 2.75) is 18.5 Å². The van der Waals surface area contributed by atoms with Crippen molar-refractivity contribution in [3.8, 4) is 0 Å². The van der Waals surface area contributed by atoms with Gasteiger partial charge in [0.25, 0.3) is 0 Å². The van der Waals surface area contributed by atoms with Gasteiger partial charge in [-0.05, 0) is 6.42 Å². The van der Waals surface area contributed by atoms with Gasteiger partial charge in [0.05, 0.1) is 6.54 Å². The molecule has 0 radical (unpaired) electrons. The van der Waals surface area contributed by atoms with E-state index in [9.17, 15) is 4.79 Å². The first-order chi connectivity index (χ1) is 8.39. The molecule has 1 aliphatic heterocycles. The van der Waals surface area contributed by atoms with Crippen LogP contribution in [0.2, 0.25) is 0 Å². The zero-order chi connectivity index (χ0) is 13.3. The normalized spacial score (nSPS) is 24.3. The minimum Gasteiger partial charge on any atom is -0.480 e. The Kier molecular flexibility index (Phi) is 3.01. The molecule has 1 aliphatic rings. The van der Waals surface area contributed by atoms with Crippen molar-refractivity contribution in [3.63, 3.8) is 0 Å². The highest BCUT2D eigenvalue weighted by molar-refractivity contribution is 5.79. The summed E-state index contributed by atoms with van der Waals surface area (Å²) in [6.07, 6.45) is 0.387. The first-order valence-electron chi connectivity index (χ1n) is 5.39. The van der Waals surface area contributed by atoms with E-state index in [4.69, 9.17) is 22.3 Å². The first kappa shape index (κ1) is 12.5. The van der Waals surface area contributed by atoms with Gasteiger partial charge in [0, 0.05) is 13.1 Å². The standard InChI is InChI=1S/C9H15N7O2/c10-7-13-5(14-8(11)15-7)3-16-2-1-9(12,4-16)6(17)18/h1-4,12H2,(H,17,18)(H4,10,11,13,14,15). The van der Waals surface area contributed by atoms with Gasteiger partial charge in [0.2, 0.25) is 11.9 Å². The maximum absolute atomic E-state index is 11.0. The highest BCUT2D eigenvalue weighted by Crippen LogP contribution is 2.20. The molecule has 7 N–H and O–H groups in total. The van der Waals surface area contributed by atoms with Crippen molar-refractivity contribution in [2.24, 2.45) is 5.73 Å². The fourth-order valence-corrected chi connectivity index (χ4v) is 1.95. The second-order valence-electron chi connectivity index (χ2n) is 4.39. The monoisotopic (exact) mass is 253 g/mol. The summed E-state index contributed by atoms with van der Waals surface area (Å²) in [6, 6.07) is 0. The summed E-state index contributed by atoms with van der Waals surface area (Å²) in [5, 5.41) is 9.01. The topological polar surface area (TPSA) is 157 Å². The van der Waals surface area contributed by atoms with Gasteiger partial charge in [-0.25, -0.2) is 0 Å². The minimum absolute atomic E-state index is 0.0499. The molecule has 9 heteroatoms. The molecule has 0 spiro atoms. The van der Waals surface area contributed by atoms with Crippen LogP contribution in [0.15, 0.2) is 0 Å². The van der Waals surface area contributed by atoms with Gasteiger partial charge in [0.1, 0.15) is 11.4 Å². The maximum atomic E-state index is 11.0. The quantitative estimate of drug-likeness (QED) is 0.479. The Labute approximate surface area is 103 Å². The Morgan fingerprint density at radius 1 is 1.33 bits per heavy atom. The molecule has 2 rings (SSSR count). The van der Waals surface area contributed by atoms with E-state index in [2.05, 4.69) is 15.0 Å². The van der Waals surface area contributed by atoms with Crippen molar-refractivity contribution < 1.29 is 9.90 Å². The lowest BCUT2D eigenvalue weighted by Crippen LogP contribution is -2.50. The van der Waals surface area contributed by atoms with Crippen LogP contribution in [0.1, 0.15) is 12.2 Å². The maximum Gasteiger partial charge on any atom is 0.325 e. The van der Waals surface area contributed by atoms with E-state index in [-0.39, 0.29) is 18.4 Å². The Morgan fingerprint density at radius 3 is 2.44 bits per heavy atom. The van der Waals surface area contributed by atoms with Crippen LogP contribution in [0, 0.1) is 0 Å². The molecule has 0 aliphatic carbocycles. The highest BCUT2D eigenvalue weighted by Gasteiger charge is 2.41. The Hall–Kier alpha value is -2.00. The van der Waals surface area contributed by atoms with E-state index in [1.165, 1.54) is 0 Å². The van der Waals surface area contributed by atoms with E-state index in [0.29, 0.717) is 25.3 Å². The molecule has 18 heavy (non-hydrogen) atoms. The molecule has 0 amide bonds. The van der Waals surface area contributed by atoms with Crippen molar-refractivity contribution in [2.75, 3.05) is 24.6 Å². The van der Waals surface area contributed by atoms with Crippen LogP contribution >= 0.6 is 0 Å². The summed E-state index contributed by atoms with van der Waals surface area (Å²) in [4.78, 5) is 24.4. The number of carbonyl (C=O) groups is 1. The summed E-state index contributed by atoms with van der Waals surface area (Å²) >= 11 is 0. The van der Waals surface area contributed by atoms with Crippen molar-refractivity contribution in [3.05, 3.63) is 5.82 Å². The number of aromatic nitrogens is 3. The molecule has 9 nitrogen and oxygen atoms in total. The van der Waals surface area contributed by atoms with Gasteiger partial charge < -0.3 is 22.3 Å². The SMILES string of the molecule is Nc1nc(N)nc(CN2CCC(N)(C(=O)O)C2)n1. The largest absolute Gasteiger partial charge is 0.480 e. The first-order valence-corrected chi connectivity index (χ1v) is 5.39. The predicted octanol–water partition coefficient (Wildman–Crippen LogP) is -1.98. The van der Waals surface area contributed by atoms with Crippen LogP contribution in [0.3, 0.4) is 0 Å². The van der Waals surface area contributed by atoms with Gasteiger partial charge in [-0.3, -0.25) is 9.69 Å². The molecular weight excluding hydrogens is 238 g/mol. The van der Waals surface area contributed by atoms with Crippen LogP contribution in [-0.2, 0) is 11.3 Å². The van der Waals surface area contributed by atoms with Crippen LogP contribution in [-0.4, -0.2) is 49.6 Å². The number of nitrogen functional groups attached to an aromatic ring is 2. The number of aliphatic carboxylic acids is 1. The number of nitrogens with two attached hydrogens (primary N) is 3. The van der Waals surface area contributed by atoms with Crippen LogP contribution in [0.4, 0.5) is 11.9 Å². The number of carboxylic acid groups (broad SMARTS) is 1. The Balaban J connectivity index is 2.06. The molecule has 1 unspecified atom stereocenters. The lowest BCUT2D eigenvalue weighted by atomic mass is 10.0. The highest BCUT2D eigenvalue weighted by atomic mass is 16.4. The molecule has 1 fully saturated rings. The molecule has 2 heterocycles. The number of likely N-dealkylation sites (tertiary alicyclic amines) is 1. The smallest absolute Gasteiger partial charge is 0.325 e. The van der Waals surface area contributed by atoms with Gasteiger partial charge in [0.15, 0.2) is 0 Å². The van der Waals surface area contributed by atoms with E-state index in [1.54, 1.807) is 0 Å². The molecule has 0 saturated carbocycles. The number of hydrogen-bond acceptors (Lipinski definition) is 8. The summed E-state index contributed by atoms with van der Waals surface area (Å²) < 4.78 is 0. The summed E-state index contributed by atoms with van der Waals surface area (Å²) in [5.41, 5.74) is 15.5. The molecule has 0 bridgehead atoms. The number of anilines is 2. The molecule has 1 atom stereocenters. The van der Waals surface area contributed by atoms with Crippen LogP contribution in [0.25, 0.3) is 0 Å². The summed E-state index contributed by atoms with van der Waals surface area (Å²) in [6.45, 7) is 1.16. The molecule has 0 aromatic carbocycles. The molecule has 1 aromatic rings. The lowest BCUT2D eigenvalue weighted by molar-refractivity contribution is -0.142. The zero-order valence-corrected chi connectivity index (χ0v) is 9.70. The van der Waals surface area contributed by atoms with Gasteiger partial charge in [-0.15, -0.1) is 0 Å². The third-order valence-electron chi connectivity index (χ3n) is 2.89. The summed E-state index contributed by atoms with van der Waals surface area (Å²) in [5.74, 6) is -0.489. The average Bonchev–Trinajstić information content (AvgIpc) is 2.60. The number of carboxylic acids is 1. The van der Waals surface area contributed by atoms with Crippen LogP contribution in [0.5, 0.6) is 0 Å². The number of nitrogens with zero attached hydrogens (tertiary/aromatic N) is 4. The number of rotatable bonds is 3.